The topological polar surface area (TPSA) is 90.0 Å². The van der Waals surface area contributed by atoms with E-state index in [1.807, 2.05) is 29.6 Å². The van der Waals surface area contributed by atoms with Crippen molar-refractivity contribution in [2.45, 2.75) is 6.42 Å². The number of nitrogens with zero attached hydrogens (tertiary/aromatic N) is 2. The summed E-state index contributed by atoms with van der Waals surface area (Å²) >= 11 is 1.38. The lowest BCUT2D eigenvalue weighted by Crippen LogP contribution is -2.42. The van der Waals surface area contributed by atoms with E-state index in [-0.39, 0.29) is 18.4 Å². The number of rotatable bonds is 8. The molecule has 172 valence electrons. The number of aromatic nitrogens is 1. The zero-order chi connectivity index (χ0) is 23.0. The molecule has 33 heavy (non-hydrogen) atoms. The van der Waals surface area contributed by atoms with Gasteiger partial charge in [-0.05, 0) is 42.0 Å². The van der Waals surface area contributed by atoms with Crippen molar-refractivity contribution >= 4 is 28.3 Å². The minimum atomic E-state index is -0.253. The van der Waals surface area contributed by atoms with Gasteiger partial charge in [0.1, 0.15) is 11.5 Å². The van der Waals surface area contributed by atoms with Crippen molar-refractivity contribution in [2.24, 2.45) is 0 Å². The Labute approximate surface area is 196 Å². The average Bonchev–Trinajstić information content (AvgIpc) is 3.30. The highest BCUT2D eigenvalue weighted by Crippen LogP contribution is 2.21. The number of ether oxygens (including phenoxy) is 3. The number of carbonyl (C=O) groups excluding carboxylic acids is 2. The zero-order valence-electron chi connectivity index (χ0n) is 18.3. The van der Waals surface area contributed by atoms with Gasteiger partial charge in [0.2, 0.25) is 0 Å². The van der Waals surface area contributed by atoms with Crippen molar-refractivity contribution in [3.8, 4) is 11.5 Å². The molecule has 0 saturated carbocycles. The van der Waals surface area contributed by atoms with Crippen molar-refractivity contribution in [3.05, 3.63) is 70.7 Å². The highest BCUT2D eigenvalue weighted by molar-refractivity contribution is 7.14. The molecule has 0 aliphatic carbocycles. The first-order valence-electron chi connectivity index (χ1n) is 10.6. The van der Waals surface area contributed by atoms with E-state index in [1.165, 1.54) is 11.3 Å². The lowest BCUT2D eigenvalue weighted by molar-refractivity contribution is -0.137. The van der Waals surface area contributed by atoms with Crippen LogP contribution < -0.4 is 14.8 Å². The number of methoxy groups -OCH3 is 1. The molecule has 1 aromatic heterocycles. The predicted octanol–water partition coefficient (Wildman–Crippen LogP) is 3.23. The van der Waals surface area contributed by atoms with Gasteiger partial charge >= 0.3 is 0 Å². The first-order valence-corrected chi connectivity index (χ1v) is 11.5. The normalized spacial score (nSPS) is 13.4. The Bertz CT molecular complexity index is 1080. The van der Waals surface area contributed by atoms with E-state index in [0.29, 0.717) is 49.2 Å². The summed E-state index contributed by atoms with van der Waals surface area (Å²) in [7, 11) is 1.64. The van der Waals surface area contributed by atoms with E-state index in [4.69, 9.17) is 14.2 Å². The van der Waals surface area contributed by atoms with E-state index >= 15 is 0 Å². The number of anilines is 1. The molecule has 0 atom stereocenters. The van der Waals surface area contributed by atoms with Crippen LogP contribution in [-0.2, 0) is 16.0 Å². The molecule has 9 heteroatoms. The van der Waals surface area contributed by atoms with Gasteiger partial charge in [0.15, 0.2) is 11.7 Å². The number of amides is 2. The first kappa shape index (κ1) is 22.8. The molecule has 0 unspecified atom stereocenters. The van der Waals surface area contributed by atoms with Crippen LogP contribution in [0.2, 0.25) is 0 Å². The van der Waals surface area contributed by atoms with E-state index in [0.717, 1.165) is 17.0 Å². The summed E-state index contributed by atoms with van der Waals surface area (Å²) in [4.78, 5) is 31.0. The van der Waals surface area contributed by atoms with Crippen LogP contribution >= 0.6 is 11.3 Å². The molecule has 1 fully saturated rings. The maximum absolute atomic E-state index is 12.6. The number of nitrogens with one attached hydrogen (secondary N) is 1. The summed E-state index contributed by atoms with van der Waals surface area (Å²) in [5.41, 5.74) is 2.48. The first-order chi connectivity index (χ1) is 16.1. The number of thiazole rings is 1. The number of morpholine rings is 1. The van der Waals surface area contributed by atoms with Gasteiger partial charge in [-0.1, -0.05) is 12.1 Å². The SMILES string of the molecule is COc1ccc(Cc2csc(NC(=O)c3ccc(OCC(=O)N4CCOCC4)cc3)n2)cc1. The van der Waals surface area contributed by atoms with Gasteiger partial charge in [-0.25, -0.2) is 4.98 Å². The van der Waals surface area contributed by atoms with Crippen molar-refractivity contribution in [1.29, 1.82) is 0 Å². The van der Waals surface area contributed by atoms with Crippen molar-refractivity contribution in [2.75, 3.05) is 45.3 Å². The van der Waals surface area contributed by atoms with Gasteiger partial charge in [0.05, 0.1) is 26.0 Å². The zero-order valence-corrected chi connectivity index (χ0v) is 19.1. The summed E-state index contributed by atoms with van der Waals surface area (Å²) in [5, 5.41) is 5.30. The van der Waals surface area contributed by atoms with E-state index in [9.17, 15) is 9.59 Å². The van der Waals surface area contributed by atoms with Crippen LogP contribution in [0.5, 0.6) is 11.5 Å². The number of benzene rings is 2. The Morgan fingerprint density at radius 3 is 2.45 bits per heavy atom. The lowest BCUT2D eigenvalue weighted by atomic mass is 10.1. The third-order valence-corrected chi connectivity index (χ3v) is 5.97. The maximum atomic E-state index is 12.6. The Hall–Kier alpha value is -3.43. The summed E-state index contributed by atoms with van der Waals surface area (Å²) in [6.07, 6.45) is 0.672. The van der Waals surface area contributed by atoms with E-state index in [1.54, 1.807) is 36.3 Å². The number of hydrogen-bond acceptors (Lipinski definition) is 7. The van der Waals surface area contributed by atoms with Crippen LogP contribution in [0, 0.1) is 0 Å². The van der Waals surface area contributed by atoms with Gasteiger partial charge in [0.25, 0.3) is 11.8 Å². The standard InChI is InChI=1S/C24H25N3O5S/c1-30-20-6-2-17(3-7-20)14-19-16-33-24(25-19)26-23(29)18-4-8-21(9-5-18)32-15-22(28)27-10-12-31-13-11-27/h2-9,16H,10-15H2,1H3,(H,25,26,29). The maximum Gasteiger partial charge on any atom is 0.260 e. The van der Waals surface area contributed by atoms with Crippen LogP contribution in [0.1, 0.15) is 21.6 Å². The molecule has 3 aromatic rings. The van der Waals surface area contributed by atoms with Crippen LogP contribution in [-0.4, -0.2) is 61.7 Å². The molecule has 4 rings (SSSR count). The fourth-order valence-electron chi connectivity index (χ4n) is 3.32. The summed E-state index contributed by atoms with van der Waals surface area (Å²) < 4.78 is 16.0. The lowest BCUT2D eigenvalue weighted by Gasteiger charge is -2.26. The minimum absolute atomic E-state index is 0.0400. The molecule has 1 aliphatic rings. The Morgan fingerprint density at radius 2 is 1.76 bits per heavy atom. The quantitative estimate of drug-likeness (QED) is 0.547. The largest absolute Gasteiger partial charge is 0.497 e. The predicted molar refractivity (Wildman–Crippen MR) is 125 cm³/mol. The average molecular weight is 468 g/mol. The number of carbonyl (C=O) groups is 2. The molecular formula is C24H25N3O5S. The summed E-state index contributed by atoms with van der Waals surface area (Å²) in [5.74, 6) is 1.01. The second kappa shape index (κ2) is 10.9. The van der Waals surface area contributed by atoms with Crippen molar-refractivity contribution in [1.82, 2.24) is 9.88 Å². The Balaban J connectivity index is 1.27. The van der Waals surface area contributed by atoms with E-state index < -0.39 is 0 Å². The highest BCUT2D eigenvalue weighted by Gasteiger charge is 2.17. The molecule has 0 spiro atoms. The van der Waals surface area contributed by atoms with Crippen LogP contribution in [0.4, 0.5) is 5.13 Å². The third-order valence-electron chi connectivity index (χ3n) is 5.16. The summed E-state index contributed by atoms with van der Waals surface area (Å²) in [6.45, 7) is 2.23. The number of hydrogen-bond donors (Lipinski definition) is 1. The van der Waals surface area contributed by atoms with E-state index in [2.05, 4.69) is 10.3 Å². The van der Waals surface area contributed by atoms with Crippen molar-refractivity contribution < 1.29 is 23.8 Å². The second-order valence-electron chi connectivity index (χ2n) is 7.43. The molecule has 2 heterocycles. The molecule has 0 radical (unpaired) electrons. The Kier molecular flexibility index (Phi) is 7.54. The second-order valence-corrected chi connectivity index (χ2v) is 8.29. The molecule has 0 bridgehead atoms. The molecule has 1 aliphatic heterocycles. The smallest absolute Gasteiger partial charge is 0.260 e. The molecule has 1 saturated heterocycles. The molecule has 2 aromatic carbocycles. The fraction of sp³-hybridized carbons (Fsp3) is 0.292. The van der Waals surface area contributed by atoms with Gasteiger partial charge in [-0.15, -0.1) is 11.3 Å². The van der Waals surface area contributed by atoms with Crippen LogP contribution in [0.3, 0.4) is 0 Å². The van der Waals surface area contributed by atoms with Gasteiger partial charge < -0.3 is 19.1 Å². The van der Waals surface area contributed by atoms with Gasteiger partial charge in [0, 0.05) is 30.5 Å². The van der Waals surface area contributed by atoms with Crippen molar-refractivity contribution in [3.63, 3.8) is 0 Å². The monoisotopic (exact) mass is 467 g/mol. The van der Waals surface area contributed by atoms with Crippen LogP contribution in [0.15, 0.2) is 53.9 Å². The molecule has 8 nitrogen and oxygen atoms in total. The fourth-order valence-corrected chi connectivity index (χ4v) is 4.02. The van der Waals surface area contributed by atoms with Gasteiger partial charge in [-0.3, -0.25) is 14.9 Å². The molecule has 1 N–H and O–H groups in total. The third kappa shape index (κ3) is 6.30. The highest BCUT2D eigenvalue weighted by atomic mass is 32.1. The molecular weight excluding hydrogens is 442 g/mol. The minimum Gasteiger partial charge on any atom is -0.497 e. The van der Waals surface area contributed by atoms with Crippen LogP contribution in [0.25, 0.3) is 0 Å². The summed E-state index contributed by atoms with van der Waals surface area (Å²) in [6, 6.07) is 14.5. The Morgan fingerprint density at radius 1 is 1.06 bits per heavy atom. The molecule has 2 amide bonds. The van der Waals surface area contributed by atoms with Gasteiger partial charge in [-0.2, -0.15) is 0 Å².